The normalized spacial score (nSPS) is 12.1. The Morgan fingerprint density at radius 3 is 2.00 bits per heavy atom. The van der Waals surface area contributed by atoms with E-state index in [4.69, 9.17) is 11.5 Å². The van der Waals surface area contributed by atoms with Crippen LogP contribution in [-0.2, 0) is 4.79 Å². The van der Waals surface area contributed by atoms with Crippen LogP contribution < -0.4 is 11.5 Å². The monoisotopic (exact) mass is 162 g/mol. The van der Waals surface area contributed by atoms with Gasteiger partial charge in [-0.25, -0.2) is 4.39 Å². The third-order valence-electron chi connectivity index (χ3n) is 0.882. The number of rotatable bonds is 3. The maximum atomic E-state index is 12.2. The van der Waals surface area contributed by atoms with Crippen molar-refractivity contribution in [1.29, 1.82) is 0 Å². The molecule has 0 bridgehead atoms. The van der Waals surface area contributed by atoms with Crippen LogP contribution >= 0.6 is 12.2 Å². The Morgan fingerprint density at radius 1 is 1.60 bits per heavy atom. The third-order valence-corrected chi connectivity index (χ3v) is 1.12. The molecule has 0 aromatic heterocycles. The standard InChI is InChI=1S/C5H7FN2OS/c1-2(6)3(4(7)9)5(8)10/h3H,1H2,(H2,7,9)(H2,8,10). The Labute approximate surface area is 62.9 Å². The quantitative estimate of drug-likeness (QED) is 0.567. The third kappa shape index (κ3) is 2.10. The van der Waals surface area contributed by atoms with E-state index in [1.54, 1.807) is 0 Å². The fraction of sp³-hybridized carbons (Fsp3) is 0.200. The zero-order valence-corrected chi connectivity index (χ0v) is 5.95. The molecule has 5 heteroatoms. The predicted molar refractivity (Wildman–Crippen MR) is 39.7 cm³/mol. The van der Waals surface area contributed by atoms with Gasteiger partial charge in [-0.1, -0.05) is 18.8 Å². The van der Waals surface area contributed by atoms with Crippen LogP contribution in [0.2, 0.25) is 0 Å². The first kappa shape index (κ1) is 9.03. The minimum Gasteiger partial charge on any atom is -0.392 e. The summed E-state index contributed by atoms with van der Waals surface area (Å²) in [6, 6.07) is 0. The topological polar surface area (TPSA) is 69.1 Å². The summed E-state index contributed by atoms with van der Waals surface area (Å²) in [6.45, 7) is 2.86. The van der Waals surface area contributed by atoms with Gasteiger partial charge < -0.3 is 11.5 Å². The van der Waals surface area contributed by atoms with E-state index in [2.05, 4.69) is 18.8 Å². The van der Waals surface area contributed by atoms with Gasteiger partial charge >= 0.3 is 0 Å². The van der Waals surface area contributed by atoms with E-state index in [9.17, 15) is 9.18 Å². The molecule has 1 unspecified atom stereocenters. The van der Waals surface area contributed by atoms with E-state index in [1.807, 2.05) is 0 Å². The molecule has 0 heterocycles. The fourth-order valence-electron chi connectivity index (χ4n) is 0.449. The average molecular weight is 162 g/mol. The minimum absolute atomic E-state index is 0.292. The van der Waals surface area contributed by atoms with Crippen LogP contribution in [-0.4, -0.2) is 10.9 Å². The van der Waals surface area contributed by atoms with Crippen LogP contribution in [0.4, 0.5) is 4.39 Å². The van der Waals surface area contributed by atoms with Crippen molar-refractivity contribution in [2.45, 2.75) is 0 Å². The van der Waals surface area contributed by atoms with Gasteiger partial charge in [0, 0.05) is 0 Å². The second-order valence-corrected chi connectivity index (χ2v) is 2.16. The second kappa shape index (κ2) is 3.26. The Balaban J connectivity index is 4.43. The van der Waals surface area contributed by atoms with Gasteiger partial charge in [-0.3, -0.25) is 4.79 Å². The van der Waals surface area contributed by atoms with Crippen LogP contribution in [0.5, 0.6) is 0 Å². The molecule has 0 rings (SSSR count). The number of hydrogen-bond donors (Lipinski definition) is 2. The highest BCUT2D eigenvalue weighted by atomic mass is 32.1. The molecule has 56 valence electrons. The lowest BCUT2D eigenvalue weighted by Crippen LogP contribution is -2.34. The first-order valence-electron chi connectivity index (χ1n) is 2.39. The lowest BCUT2D eigenvalue weighted by molar-refractivity contribution is -0.119. The molecule has 0 saturated carbocycles. The van der Waals surface area contributed by atoms with Crippen LogP contribution in [0.3, 0.4) is 0 Å². The summed E-state index contributed by atoms with van der Waals surface area (Å²) in [7, 11) is 0. The van der Waals surface area contributed by atoms with Gasteiger partial charge in [0.1, 0.15) is 11.7 Å². The smallest absolute Gasteiger partial charge is 0.234 e. The number of carbonyl (C=O) groups is 1. The van der Waals surface area contributed by atoms with Crippen molar-refractivity contribution in [1.82, 2.24) is 0 Å². The van der Waals surface area contributed by atoms with E-state index < -0.39 is 17.7 Å². The number of nitrogens with two attached hydrogens (primary N) is 2. The van der Waals surface area contributed by atoms with Gasteiger partial charge in [0.25, 0.3) is 0 Å². The van der Waals surface area contributed by atoms with Crippen molar-refractivity contribution in [3.8, 4) is 0 Å². The highest BCUT2D eigenvalue weighted by molar-refractivity contribution is 7.80. The van der Waals surface area contributed by atoms with E-state index in [1.165, 1.54) is 0 Å². The lowest BCUT2D eigenvalue weighted by Gasteiger charge is -2.06. The molecule has 0 fully saturated rings. The van der Waals surface area contributed by atoms with Gasteiger partial charge in [-0.05, 0) is 0 Å². The summed E-state index contributed by atoms with van der Waals surface area (Å²) in [4.78, 5) is 10.0. The van der Waals surface area contributed by atoms with E-state index in [0.717, 1.165) is 0 Å². The first-order valence-corrected chi connectivity index (χ1v) is 2.80. The van der Waals surface area contributed by atoms with Gasteiger partial charge in [-0.2, -0.15) is 0 Å². The number of hydrogen-bond acceptors (Lipinski definition) is 2. The summed E-state index contributed by atoms with van der Waals surface area (Å²) in [5, 5.41) is 0. The number of amides is 1. The molecule has 4 N–H and O–H groups in total. The van der Waals surface area contributed by atoms with E-state index in [-0.39, 0.29) is 4.99 Å². The first-order chi connectivity index (χ1) is 4.46. The molecule has 0 radical (unpaired) electrons. The summed E-state index contributed by atoms with van der Waals surface area (Å²) in [6.07, 6.45) is 0. The molecular formula is C5H7FN2OS. The zero-order valence-electron chi connectivity index (χ0n) is 5.13. The van der Waals surface area contributed by atoms with Gasteiger partial charge in [0.15, 0.2) is 0 Å². The van der Waals surface area contributed by atoms with Crippen molar-refractivity contribution in [2.24, 2.45) is 17.4 Å². The Bertz CT molecular complexity index is 159. The summed E-state index contributed by atoms with van der Waals surface area (Å²) < 4.78 is 12.2. The molecule has 1 amide bonds. The van der Waals surface area contributed by atoms with E-state index >= 15 is 0 Å². The summed E-state index contributed by atoms with van der Waals surface area (Å²) in [5.41, 5.74) is 9.70. The molecule has 0 saturated heterocycles. The SMILES string of the molecule is C=C(F)C(C(N)=O)C(N)=S. The van der Waals surface area contributed by atoms with E-state index in [0.29, 0.717) is 0 Å². The predicted octanol–water partition coefficient (Wildman–Crippen LogP) is -0.143. The maximum absolute atomic E-state index is 12.2. The number of thiocarbonyl (C=S) groups is 1. The lowest BCUT2D eigenvalue weighted by atomic mass is 10.1. The van der Waals surface area contributed by atoms with Gasteiger partial charge in [0.2, 0.25) is 5.91 Å². The molecule has 0 aliphatic rings. The largest absolute Gasteiger partial charge is 0.392 e. The average Bonchev–Trinajstić information content (AvgIpc) is 1.59. The van der Waals surface area contributed by atoms with Crippen molar-refractivity contribution < 1.29 is 9.18 Å². The van der Waals surface area contributed by atoms with Crippen molar-refractivity contribution in [2.75, 3.05) is 0 Å². The Hall–Kier alpha value is -0.970. The second-order valence-electron chi connectivity index (χ2n) is 1.68. The molecule has 3 nitrogen and oxygen atoms in total. The molecule has 10 heavy (non-hydrogen) atoms. The summed E-state index contributed by atoms with van der Waals surface area (Å²) >= 11 is 4.35. The van der Waals surface area contributed by atoms with Crippen molar-refractivity contribution in [3.05, 3.63) is 12.4 Å². The molecule has 0 aromatic carbocycles. The summed E-state index contributed by atoms with van der Waals surface area (Å²) in [5.74, 6) is -3.16. The Morgan fingerprint density at radius 2 is 2.00 bits per heavy atom. The molecular weight excluding hydrogens is 155 g/mol. The Kier molecular flexibility index (Phi) is 2.95. The fourth-order valence-corrected chi connectivity index (χ4v) is 0.693. The van der Waals surface area contributed by atoms with Gasteiger partial charge in [-0.15, -0.1) is 0 Å². The highest BCUT2D eigenvalue weighted by Gasteiger charge is 2.21. The molecule has 0 aliphatic carbocycles. The maximum Gasteiger partial charge on any atom is 0.234 e. The number of carbonyl (C=O) groups excluding carboxylic acids is 1. The van der Waals surface area contributed by atoms with Crippen molar-refractivity contribution in [3.63, 3.8) is 0 Å². The number of primary amides is 1. The van der Waals surface area contributed by atoms with Crippen LogP contribution in [0.1, 0.15) is 0 Å². The van der Waals surface area contributed by atoms with Crippen LogP contribution in [0.15, 0.2) is 12.4 Å². The number of halogens is 1. The highest BCUT2D eigenvalue weighted by Crippen LogP contribution is 2.09. The van der Waals surface area contributed by atoms with Gasteiger partial charge in [0.05, 0.1) is 4.99 Å². The molecule has 0 spiro atoms. The van der Waals surface area contributed by atoms with Crippen LogP contribution in [0, 0.1) is 5.92 Å². The van der Waals surface area contributed by atoms with Crippen LogP contribution in [0.25, 0.3) is 0 Å². The molecule has 1 atom stereocenters. The minimum atomic E-state index is -1.32. The molecule has 0 aliphatic heterocycles. The zero-order chi connectivity index (χ0) is 8.31. The van der Waals surface area contributed by atoms with Crippen molar-refractivity contribution >= 4 is 23.1 Å². The molecule has 0 aromatic rings.